The first-order valence-corrected chi connectivity index (χ1v) is 9.09. The molecular formula is C21H25N3O3. The maximum absolute atomic E-state index is 12.9. The predicted octanol–water partition coefficient (Wildman–Crippen LogP) is 3.95. The molecule has 0 saturated carbocycles. The van der Waals surface area contributed by atoms with E-state index in [0.29, 0.717) is 24.4 Å². The van der Waals surface area contributed by atoms with Gasteiger partial charge in [-0.25, -0.2) is 4.79 Å². The summed E-state index contributed by atoms with van der Waals surface area (Å²) in [6, 6.07) is 12.3. The van der Waals surface area contributed by atoms with E-state index in [2.05, 4.69) is 10.6 Å². The number of para-hydroxylation sites is 3. The van der Waals surface area contributed by atoms with Crippen LogP contribution in [-0.2, 0) is 4.79 Å². The Bertz CT molecular complexity index is 830. The predicted molar refractivity (Wildman–Crippen MR) is 106 cm³/mol. The Kier molecular flexibility index (Phi) is 5.64. The Balaban J connectivity index is 1.72. The fourth-order valence-corrected chi connectivity index (χ4v) is 3.44. The quantitative estimate of drug-likeness (QED) is 0.860. The normalized spacial score (nSPS) is 16.1. The zero-order chi connectivity index (χ0) is 19.4. The van der Waals surface area contributed by atoms with E-state index < -0.39 is 6.04 Å². The van der Waals surface area contributed by atoms with Crippen LogP contribution in [0.1, 0.15) is 24.0 Å². The van der Waals surface area contributed by atoms with Gasteiger partial charge in [0.05, 0.1) is 12.8 Å². The standard InChI is InChI=1S/C21H25N3O3/c1-14-8-6-9-15(2)19(14)23-20(25)17-11-7-13-24(17)21(26)22-16-10-4-5-12-18(16)27-3/h4-6,8-10,12,17H,7,11,13H2,1-3H3,(H,22,26)(H,23,25)/t17-/m0/s1. The third-order valence-corrected chi connectivity index (χ3v) is 4.89. The number of nitrogens with zero attached hydrogens (tertiary/aromatic N) is 1. The highest BCUT2D eigenvalue weighted by molar-refractivity contribution is 6.00. The number of ether oxygens (including phenoxy) is 1. The summed E-state index contributed by atoms with van der Waals surface area (Å²) < 4.78 is 5.28. The first kappa shape index (κ1) is 18.8. The minimum Gasteiger partial charge on any atom is -0.495 e. The zero-order valence-corrected chi connectivity index (χ0v) is 15.9. The molecule has 1 saturated heterocycles. The molecular weight excluding hydrogens is 342 g/mol. The van der Waals surface area contributed by atoms with Crippen molar-refractivity contribution in [2.24, 2.45) is 0 Å². The van der Waals surface area contributed by atoms with Crippen LogP contribution in [0.5, 0.6) is 5.75 Å². The molecule has 0 aromatic heterocycles. The topological polar surface area (TPSA) is 70.7 Å². The number of rotatable bonds is 4. The number of benzene rings is 2. The molecule has 142 valence electrons. The van der Waals surface area contributed by atoms with Crippen molar-refractivity contribution in [1.82, 2.24) is 4.90 Å². The first-order valence-electron chi connectivity index (χ1n) is 9.09. The van der Waals surface area contributed by atoms with Crippen molar-refractivity contribution < 1.29 is 14.3 Å². The van der Waals surface area contributed by atoms with Crippen LogP contribution in [0.2, 0.25) is 0 Å². The number of amides is 3. The highest BCUT2D eigenvalue weighted by Gasteiger charge is 2.34. The third kappa shape index (κ3) is 4.05. The number of carbonyl (C=O) groups excluding carboxylic acids is 2. The summed E-state index contributed by atoms with van der Waals surface area (Å²) in [5.41, 5.74) is 3.42. The summed E-state index contributed by atoms with van der Waals surface area (Å²) in [6.45, 7) is 4.47. The molecule has 2 aromatic rings. The van der Waals surface area contributed by atoms with Gasteiger partial charge in [-0.15, -0.1) is 0 Å². The molecule has 3 rings (SSSR count). The number of aryl methyl sites for hydroxylation is 2. The van der Waals surface area contributed by atoms with Crippen LogP contribution in [0.4, 0.5) is 16.2 Å². The number of urea groups is 1. The minimum absolute atomic E-state index is 0.153. The Labute approximate surface area is 159 Å². The number of anilines is 2. The number of likely N-dealkylation sites (tertiary alicyclic amines) is 1. The molecule has 2 N–H and O–H groups in total. The lowest BCUT2D eigenvalue weighted by Crippen LogP contribution is -2.45. The van der Waals surface area contributed by atoms with Gasteiger partial charge in [-0.05, 0) is 49.9 Å². The Morgan fingerprint density at radius 1 is 1.04 bits per heavy atom. The molecule has 0 unspecified atom stereocenters. The highest BCUT2D eigenvalue weighted by atomic mass is 16.5. The van der Waals surface area contributed by atoms with Gasteiger partial charge in [0.15, 0.2) is 0 Å². The van der Waals surface area contributed by atoms with Gasteiger partial charge < -0.3 is 20.3 Å². The molecule has 6 heteroatoms. The SMILES string of the molecule is COc1ccccc1NC(=O)N1CCC[C@H]1C(=O)Nc1c(C)cccc1C. The monoisotopic (exact) mass is 367 g/mol. The van der Waals surface area contributed by atoms with Crippen LogP contribution >= 0.6 is 0 Å². The summed E-state index contributed by atoms with van der Waals surface area (Å²) in [5, 5.41) is 5.86. The molecule has 0 spiro atoms. The van der Waals surface area contributed by atoms with Gasteiger partial charge in [-0.2, -0.15) is 0 Å². The van der Waals surface area contributed by atoms with Gasteiger partial charge in [-0.3, -0.25) is 4.79 Å². The van der Waals surface area contributed by atoms with Crippen LogP contribution in [0, 0.1) is 13.8 Å². The third-order valence-electron chi connectivity index (χ3n) is 4.89. The van der Waals surface area contributed by atoms with E-state index in [-0.39, 0.29) is 11.9 Å². The second kappa shape index (κ2) is 8.12. The van der Waals surface area contributed by atoms with Crippen LogP contribution in [-0.4, -0.2) is 36.5 Å². The van der Waals surface area contributed by atoms with Gasteiger partial charge in [0.2, 0.25) is 5.91 Å². The number of hydrogen-bond donors (Lipinski definition) is 2. The maximum atomic E-state index is 12.9. The lowest BCUT2D eigenvalue weighted by Gasteiger charge is -2.25. The average Bonchev–Trinajstić information content (AvgIpc) is 3.15. The second-order valence-electron chi connectivity index (χ2n) is 6.74. The van der Waals surface area contributed by atoms with Crippen LogP contribution in [0.3, 0.4) is 0 Å². The lowest BCUT2D eigenvalue weighted by molar-refractivity contribution is -0.119. The number of methoxy groups -OCH3 is 1. The van der Waals surface area contributed by atoms with Crippen LogP contribution in [0.25, 0.3) is 0 Å². The minimum atomic E-state index is -0.487. The Morgan fingerprint density at radius 3 is 2.44 bits per heavy atom. The van der Waals surface area contributed by atoms with Crippen molar-refractivity contribution in [2.75, 3.05) is 24.3 Å². The van der Waals surface area contributed by atoms with Crippen molar-refractivity contribution in [2.45, 2.75) is 32.7 Å². The zero-order valence-electron chi connectivity index (χ0n) is 15.9. The lowest BCUT2D eigenvalue weighted by atomic mass is 10.1. The van der Waals surface area contributed by atoms with Gasteiger partial charge >= 0.3 is 6.03 Å². The second-order valence-corrected chi connectivity index (χ2v) is 6.74. The molecule has 0 radical (unpaired) electrons. The van der Waals surface area contributed by atoms with Crippen molar-refractivity contribution in [3.05, 3.63) is 53.6 Å². The molecule has 1 aliphatic rings. The van der Waals surface area contributed by atoms with Gasteiger partial charge in [-0.1, -0.05) is 30.3 Å². The smallest absolute Gasteiger partial charge is 0.322 e. The fourth-order valence-electron chi connectivity index (χ4n) is 3.44. The number of nitrogens with one attached hydrogen (secondary N) is 2. The summed E-state index contributed by atoms with van der Waals surface area (Å²) in [6.07, 6.45) is 1.44. The molecule has 1 atom stereocenters. The maximum Gasteiger partial charge on any atom is 0.322 e. The molecule has 1 heterocycles. The van der Waals surface area contributed by atoms with Crippen molar-refractivity contribution in [3.8, 4) is 5.75 Å². The van der Waals surface area contributed by atoms with E-state index >= 15 is 0 Å². The van der Waals surface area contributed by atoms with E-state index in [1.54, 1.807) is 24.1 Å². The van der Waals surface area contributed by atoms with Gasteiger partial charge in [0.1, 0.15) is 11.8 Å². The number of carbonyl (C=O) groups is 2. The first-order chi connectivity index (χ1) is 13.0. The van der Waals surface area contributed by atoms with E-state index in [4.69, 9.17) is 4.74 Å². The Hall–Kier alpha value is -3.02. The molecule has 0 bridgehead atoms. The van der Waals surface area contributed by atoms with Gasteiger partial charge in [0.25, 0.3) is 0 Å². The fraction of sp³-hybridized carbons (Fsp3) is 0.333. The summed E-state index contributed by atoms with van der Waals surface area (Å²) in [5.74, 6) is 0.432. The van der Waals surface area contributed by atoms with E-state index in [0.717, 1.165) is 23.2 Å². The van der Waals surface area contributed by atoms with E-state index in [1.165, 1.54) is 0 Å². The Morgan fingerprint density at radius 2 is 1.74 bits per heavy atom. The largest absolute Gasteiger partial charge is 0.495 e. The number of hydrogen-bond acceptors (Lipinski definition) is 3. The summed E-state index contributed by atoms with van der Waals surface area (Å²) >= 11 is 0. The van der Waals surface area contributed by atoms with E-state index in [1.807, 2.05) is 44.2 Å². The highest BCUT2D eigenvalue weighted by Crippen LogP contribution is 2.26. The molecule has 1 fully saturated rings. The summed E-state index contributed by atoms with van der Waals surface area (Å²) in [4.78, 5) is 27.2. The van der Waals surface area contributed by atoms with Crippen molar-refractivity contribution in [3.63, 3.8) is 0 Å². The summed E-state index contributed by atoms with van der Waals surface area (Å²) in [7, 11) is 1.56. The molecule has 6 nitrogen and oxygen atoms in total. The van der Waals surface area contributed by atoms with Gasteiger partial charge in [0, 0.05) is 12.2 Å². The molecule has 1 aliphatic heterocycles. The molecule has 27 heavy (non-hydrogen) atoms. The van der Waals surface area contributed by atoms with Crippen LogP contribution < -0.4 is 15.4 Å². The van der Waals surface area contributed by atoms with Crippen molar-refractivity contribution in [1.29, 1.82) is 0 Å². The molecule has 3 amide bonds. The molecule has 2 aromatic carbocycles. The molecule has 0 aliphatic carbocycles. The average molecular weight is 367 g/mol. The van der Waals surface area contributed by atoms with E-state index in [9.17, 15) is 9.59 Å². The van der Waals surface area contributed by atoms with Crippen molar-refractivity contribution >= 4 is 23.3 Å². The van der Waals surface area contributed by atoms with Crippen LogP contribution in [0.15, 0.2) is 42.5 Å².